The van der Waals surface area contributed by atoms with E-state index in [1.165, 1.54) is 32.6 Å². The summed E-state index contributed by atoms with van der Waals surface area (Å²) in [4.78, 5) is 20.3. The number of hydrogen-bond donors (Lipinski definition) is 1. The van der Waals surface area contributed by atoms with Gasteiger partial charge in [-0.05, 0) is 37.0 Å². The van der Waals surface area contributed by atoms with Crippen LogP contribution in [0.25, 0.3) is 10.2 Å². The molecular formula is C21H23N3O2S. The number of benzene rings is 1. The monoisotopic (exact) mass is 381 g/mol. The summed E-state index contributed by atoms with van der Waals surface area (Å²) in [6.45, 7) is 3.82. The van der Waals surface area contributed by atoms with E-state index in [2.05, 4.69) is 17.2 Å². The van der Waals surface area contributed by atoms with Crippen LogP contribution in [0.3, 0.4) is 0 Å². The molecule has 0 aliphatic heterocycles. The summed E-state index contributed by atoms with van der Waals surface area (Å²) in [6, 6.07) is 9.80. The van der Waals surface area contributed by atoms with Crippen LogP contribution in [0.5, 0.6) is 11.5 Å². The fraction of sp³-hybridized carbons (Fsp3) is 0.381. The second-order valence-electron chi connectivity index (χ2n) is 7.20. The zero-order valence-corrected chi connectivity index (χ0v) is 16.4. The highest BCUT2D eigenvalue weighted by molar-refractivity contribution is 7.22. The Balaban J connectivity index is 1.52. The Kier molecular flexibility index (Phi) is 5.07. The average Bonchev–Trinajstić information content (AvgIpc) is 3.05. The molecule has 1 fully saturated rings. The molecule has 1 aliphatic rings. The van der Waals surface area contributed by atoms with E-state index in [9.17, 15) is 4.79 Å². The zero-order valence-electron chi connectivity index (χ0n) is 15.6. The summed E-state index contributed by atoms with van der Waals surface area (Å²) in [5.74, 6) is 1.94. The van der Waals surface area contributed by atoms with Crippen LogP contribution in [0.4, 0.5) is 5.13 Å². The topological polar surface area (TPSA) is 64.1 Å². The lowest BCUT2D eigenvalue weighted by Gasteiger charge is -2.29. The number of rotatable bonds is 5. The van der Waals surface area contributed by atoms with Crippen LogP contribution in [0.15, 0.2) is 36.5 Å². The first-order chi connectivity index (χ1) is 13.1. The predicted molar refractivity (Wildman–Crippen MR) is 109 cm³/mol. The van der Waals surface area contributed by atoms with Gasteiger partial charge in [0.1, 0.15) is 17.2 Å². The van der Waals surface area contributed by atoms with Crippen LogP contribution in [0.1, 0.15) is 50.0 Å². The average molecular weight is 382 g/mol. The number of anilines is 1. The van der Waals surface area contributed by atoms with Gasteiger partial charge in [-0.15, -0.1) is 0 Å². The molecule has 0 saturated heterocycles. The van der Waals surface area contributed by atoms with Gasteiger partial charge in [-0.3, -0.25) is 9.78 Å². The van der Waals surface area contributed by atoms with Gasteiger partial charge in [0.25, 0.3) is 0 Å². The van der Waals surface area contributed by atoms with Crippen molar-refractivity contribution < 1.29 is 9.53 Å². The number of ketones is 1. The summed E-state index contributed by atoms with van der Waals surface area (Å²) in [7, 11) is 0. The number of fused-ring (bicyclic) bond motifs is 1. The lowest BCUT2D eigenvalue weighted by Crippen LogP contribution is -2.30. The van der Waals surface area contributed by atoms with Crippen molar-refractivity contribution >= 4 is 32.5 Å². The van der Waals surface area contributed by atoms with Crippen LogP contribution in [0, 0.1) is 5.92 Å². The van der Waals surface area contributed by atoms with Crippen molar-refractivity contribution in [2.24, 2.45) is 5.92 Å². The number of hydrogen-bond acceptors (Lipinski definition) is 6. The number of pyridine rings is 1. The molecule has 1 aliphatic carbocycles. The molecule has 2 heterocycles. The first kappa shape index (κ1) is 17.9. The highest BCUT2D eigenvalue weighted by Gasteiger charge is 2.22. The van der Waals surface area contributed by atoms with Gasteiger partial charge in [0.05, 0.1) is 10.2 Å². The molecule has 4 rings (SSSR count). The van der Waals surface area contributed by atoms with Crippen molar-refractivity contribution in [2.45, 2.75) is 45.6 Å². The fourth-order valence-corrected chi connectivity index (χ4v) is 4.48. The number of carbonyl (C=O) groups excluding carboxylic acids is 1. The molecule has 1 aromatic carbocycles. The Labute approximate surface area is 162 Å². The van der Waals surface area contributed by atoms with Crippen LogP contribution in [-0.4, -0.2) is 21.8 Å². The van der Waals surface area contributed by atoms with Gasteiger partial charge in [-0.1, -0.05) is 31.1 Å². The Morgan fingerprint density at radius 1 is 1.19 bits per heavy atom. The number of nitrogens with one attached hydrogen (secondary N) is 1. The van der Waals surface area contributed by atoms with E-state index >= 15 is 0 Å². The Morgan fingerprint density at radius 2 is 2.00 bits per heavy atom. The molecule has 1 N–H and O–H groups in total. The summed E-state index contributed by atoms with van der Waals surface area (Å²) < 4.78 is 7.00. The Morgan fingerprint density at radius 3 is 2.81 bits per heavy atom. The highest BCUT2D eigenvalue weighted by atomic mass is 32.1. The molecule has 6 heteroatoms. The normalized spacial score (nSPS) is 19.8. The van der Waals surface area contributed by atoms with Crippen LogP contribution >= 0.6 is 11.3 Å². The van der Waals surface area contributed by atoms with Gasteiger partial charge in [-0.25, -0.2) is 4.98 Å². The van der Waals surface area contributed by atoms with Crippen LogP contribution in [-0.2, 0) is 0 Å². The minimum absolute atomic E-state index is 0.0778. The lowest BCUT2D eigenvalue weighted by molar-refractivity contribution is 0.101. The fourth-order valence-electron chi connectivity index (χ4n) is 3.52. The van der Waals surface area contributed by atoms with Crippen LogP contribution < -0.4 is 10.1 Å². The maximum Gasteiger partial charge on any atom is 0.184 e. The minimum atomic E-state index is -0.0778. The third kappa shape index (κ3) is 4.11. The second-order valence-corrected chi connectivity index (χ2v) is 8.23. The first-order valence-electron chi connectivity index (χ1n) is 9.40. The number of nitrogens with zero attached hydrogens (tertiary/aromatic N) is 2. The standard InChI is InChI=1S/C21H23N3O2S/c1-13-5-3-4-6-17(13)23-21-24-18-8-7-15(12-20(18)27-21)26-16-9-10-22-19(11-16)14(2)25/h7-13,17H,3-6H2,1-2H3,(H,23,24)/t13-,17-/m0/s1. The van der Waals surface area contributed by atoms with Gasteiger partial charge < -0.3 is 10.1 Å². The first-order valence-corrected chi connectivity index (χ1v) is 10.2. The molecule has 5 nitrogen and oxygen atoms in total. The molecule has 0 unspecified atom stereocenters. The Hall–Kier alpha value is -2.47. The van der Waals surface area contributed by atoms with E-state index in [1.54, 1.807) is 29.7 Å². The number of carbonyl (C=O) groups is 1. The van der Waals surface area contributed by atoms with E-state index in [0.29, 0.717) is 23.4 Å². The van der Waals surface area contributed by atoms with Crippen molar-refractivity contribution in [1.29, 1.82) is 0 Å². The predicted octanol–water partition coefficient (Wildman–Crippen LogP) is 5.68. The zero-order chi connectivity index (χ0) is 18.8. The molecule has 0 amide bonds. The largest absolute Gasteiger partial charge is 0.457 e. The smallest absolute Gasteiger partial charge is 0.184 e. The third-order valence-corrected chi connectivity index (χ3v) is 6.06. The van der Waals surface area contributed by atoms with E-state index in [1.807, 2.05) is 18.2 Å². The van der Waals surface area contributed by atoms with Gasteiger partial charge in [0.2, 0.25) is 0 Å². The van der Waals surface area contributed by atoms with Gasteiger partial charge in [0.15, 0.2) is 10.9 Å². The molecule has 27 heavy (non-hydrogen) atoms. The second kappa shape index (κ2) is 7.64. The van der Waals surface area contributed by atoms with E-state index in [-0.39, 0.29) is 5.78 Å². The number of ether oxygens (including phenoxy) is 1. The van der Waals surface area contributed by atoms with Gasteiger partial charge in [0, 0.05) is 31.3 Å². The van der Waals surface area contributed by atoms with Crippen molar-refractivity contribution in [3.63, 3.8) is 0 Å². The van der Waals surface area contributed by atoms with Gasteiger partial charge in [-0.2, -0.15) is 0 Å². The maximum atomic E-state index is 11.5. The molecular weight excluding hydrogens is 358 g/mol. The third-order valence-electron chi connectivity index (χ3n) is 5.11. The molecule has 2 atom stereocenters. The lowest BCUT2D eigenvalue weighted by atomic mass is 9.86. The van der Waals surface area contributed by atoms with Crippen molar-refractivity contribution in [1.82, 2.24) is 9.97 Å². The minimum Gasteiger partial charge on any atom is -0.457 e. The summed E-state index contributed by atoms with van der Waals surface area (Å²) in [5.41, 5.74) is 1.37. The van der Waals surface area contributed by atoms with E-state index in [0.717, 1.165) is 21.1 Å². The summed E-state index contributed by atoms with van der Waals surface area (Å²) >= 11 is 1.66. The highest BCUT2D eigenvalue weighted by Crippen LogP contribution is 2.33. The summed E-state index contributed by atoms with van der Waals surface area (Å²) in [6.07, 6.45) is 6.71. The number of aromatic nitrogens is 2. The number of Topliss-reactive ketones (excluding diaryl/α,β-unsaturated/α-hetero) is 1. The molecule has 0 bridgehead atoms. The van der Waals surface area contributed by atoms with E-state index in [4.69, 9.17) is 9.72 Å². The van der Waals surface area contributed by atoms with Crippen LogP contribution in [0.2, 0.25) is 0 Å². The molecule has 3 aromatic rings. The van der Waals surface area contributed by atoms with Gasteiger partial charge >= 0.3 is 0 Å². The summed E-state index contributed by atoms with van der Waals surface area (Å²) in [5, 5.41) is 4.61. The molecule has 1 saturated carbocycles. The van der Waals surface area contributed by atoms with Crippen molar-refractivity contribution in [3.8, 4) is 11.5 Å². The maximum absolute atomic E-state index is 11.5. The molecule has 0 radical (unpaired) electrons. The SMILES string of the molecule is CC(=O)c1cc(Oc2ccc3nc(N[C@H]4CCCC[C@@H]4C)sc3c2)ccn1. The number of thiazole rings is 1. The van der Waals surface area contributed by atoms with Crippen molar-refractivity contribution in [3.05, 3.63) is 42.2 Å². The molecule has 0 spiro atoms. The van der Waals surface area contributed by atoms with Crippen molar-refractivity contribution in [2.75, 3.05) is 5.32 Å². The quantitative estimate of drug-likeness (QED) is 0.576. The molecule has 140 valence electrons. The van der Waals surface area contributed by atoms with E-state index < -0.39 is 0 Å². The molecule has 2 aromatic heterocycles. The Bertz CT molecular complexity index is 969.